The standard InChI is InChI=1S/C10H13N5O2S/c16-18(17)4-2-12-8(7-18)5-9-13-14-10-6-11-1-3-15(9)10/h1,3,6,8,12H,2,4-5,7H2. The van der Waals surface area contributed by atoms with Crippen LogP contribution < -0.4 is 5.32 Å². The van der Waals surface area contributed by atoms with Gasteiger partial charge in [0.25, 0.3) is 0 Å². The number of nitrogens with zero attached hydrogens (tertiary/aromatic N) is 4. The molecule has 0 radical (unpaired) electrons. The molecule has 0 saturated carbocycles. The van der Waals surface area contributed by atoms with Crippen LogP contribution in [0.2, 0.25) is 0 Å². The topological polar surface area (TPSA) is 89.2 Å². The van der Waals surface area contributed by atoms with Crippen molar-refractivity contribution in [1.82, 2.24) is 24.9 Å². The summed E-state index contributed by atoms with van der Waals surface area (Å²) in [6, 6.07) is -0.0932. The molecule has 1 N–H and O–H groups in total. The maximum Gasteiger partial charge on any atom is 0.179 e. The molecule has 1 unspecified atom stereocenters. The number of fused-ring (bicyclic) bond motifs is 1. The predicted octanol–water partition coefficient (Wildman–Crippen LogP) is -0.947. The van der Waals surface area contributed by atoms with E-state index in [-0.39, 0.29) is 17.5 Å². The molecule has 7 nitrogen and oxygen atoms in total. The van der Waals surface area contributed by atoms with Crippen molar-refractivity contribution in [3.63, 3.8) is 0 Å². The predicted molar refractivity (Wildman–Crippen MR) is 64.9 cm³/mol. The van der Waals surface area contributed by atoms with Gasteiger partial charge in [0.15, 0.2) is 15.5 Å². The summed E-state index contributed by atoms with van der Waals surface area (Å²) in [5, 5.41) is 11.3. The van der Waals surface area contributed by atoms with Gasteiger partial charge in [-0.25, -0.2) is 8.42 Å². The lowest BCUT2D eigenvalue weighted by molar-refractivity contribution is 0.507. The molecule has 2 aromatic rings. The number of rotatable bonds is 2. The second kappa shape index (κ2) is 4.29. The second-order valence-corrected chi connectivity index (χ2v) is 6.62. The minimum atomic E-state index is -2.92. The fourth-order valence-electron chi connectivity index (χ4n) is 2.16. The highest BCUT2D eigenvalue weighted by Crippen LogP contribution is 2.08. The Kier molecular flexibility index (Phi) is 2.75. The molecule has 1 atom stereocenters. The van der Waals surface area contributed by atoms with Crippen molar-refractivity contribution in [2.45, 2.75) is 12.5 Å². The molecule has 1 fully saturated rings. The summed E-state index contributed by atoms with van der Waals surface area (Å²) < 4.78 is 24.9. The van der Waals surface area contributed by atoms with E-state index < -0.39 is 9.84 Å². The number of hydrogen-bond acceptors (Lipinski definition) is 6. The van der Waals surface area contributed by atoms with Crippen LogP contribution >= 0.6 is 0 Å². The Balaban J connectivity index is 1.84. The largest absolute Gasteiger partial charge is 0.312 e. The van der Waals surface area contributed by atoms with Gasteiger partial charge in [-0.1, -0.05) is 0 Å². The second-order valence-electron chi connectivity index (χ2n) is 4.39. The smallest absolute Gasteiger partial charge is 0.179 e. The Hall–Kier alpha value is -1.54. The van der Waals surface area contributed by atoms with Gasteiger partial charge in [0.1, 0.15) is 5.82 Å². The van der Waals surface area contributed by atoms with Crippen molar-refractivity contribution >= 4 is 15.5 Å². The molecule has 96 valence electrons. The van der Waals surface area contributed by atoms with Crippen LogP contribution in [0.4, 0.5) is 0 Å². The van der Waals surface area contributed by atoms with E-state index in [9.17, 15) is 8.42 Å². The molecule has 3 rings (SSSR count). The summed E-state index contributed by atoms with van der Waals surface area (Å²) >= 11 is 0. The average molecular weight is 267 g/mol. The zero-order valence-electron chi connectivity index (χ0n) is 9.65. The maximum atomic E-state index is 11.6. The Morgan fingerprint density at radius 3 is 3.17 bits per heavy atom. The van der Waals surface area contributed by atoms with E-state index in [1.165, 1.54) is 0 Å². The molecule has 1 aliphatic heterocycles. The normalized spacial score (nSPS) is 23.2. The Morgan fingerprint density at radius 1 is 1.44 bits per heavy atom. The number of hydrogen-bond donors (Lipinski definition) is 1. The first-order valence-corrected chi connectivity index (χ1v) is 7.54. The van der Waals surface area contributed by atoms with Crippen LogP contribution in [0.15, 0.2) is 18.6 Å². The van der Waals surface area contributed by atoms with Crippen molar-refractivity contribution in [1.29, 1.82) is 0 Å². The van der Waals surface area contributed by atoms with Gasteiger partial charge in [0.05, 0.1) is 17.7 Å². The first-order valence-electron chi connectivity index (χ1n) is 5.71. The highest BCUT2D eigenvalue weighted by atomic mass is 32.2. The summed E-state index contributed by atoms with van der Waals surface area (Å²) in [4.78, 5) is 3.96. The van der Waals surface area contributed by atoms with E-state index in [1.807, 2.05) is 4.40 Å². The highest BCUT2D eigenvalue weighted by molar-refractivity contribution is 7.91. The maximum absolute atomic E-state index is 11.6. The molecule has 1 aliphatic rings. The van der Waals surface area contributed by atoms with Crippen LogP contribution in [0.1, 0.15) is 5.82 Å². The molecule has 0 aliphatic carbocycles. The Morgan fingerprint density at radius 2 is 2.33 bits per heavy atom. The molecule has 3 heterocycles. The van der Waals surface area contributed by atoms with Gasteiger partial charge in [0.2, 0.25) is 0 Å². The summed E-state index contributed by atoms with van der Waals surface area (Å²) in [5.41, 5.74) is 0.672. The van der Waals surface area contributed by atoms with Gasteiger partial charge < -0.3 is 5.32 Å². The quantitative estimate of drug-likeness (QED) is 0.755. The molecule has 2 aromatic heterocycles. The molecular weight excluding hydrogens is 254 g/mol. The summed E-state index contributed by atoms with van der Waals surface area (Å²) in [7, 11) is -2.92. The van der Waals surface area contributed by atoms with Crippen molar-refractivity contribution in [3.05, 3.63) is 24.4 Å². The molecule has 0 bridgehead atoms. The fraction of sp³-hybridized carbons (Fsp3) is 0.500. The van der Waals surface area contributed by atoms with Gasteiger partial charge >= 0.3 is 0 Å². The number of aromatic nitrogens is 4. The van der Waals surface area contributed by atoms with E-state index in [2.05, 4.69) is 20.5 Å². The molecule has 8 heteroatoms. The van der Waals surface area contributed by atoms with Gasteiger partial charge in [0, 0.05) is 31.4 Å². The molecule has 0 spiro atoms. The molecule has 0 aromatic carbocycles. The minimum absolute atomic E-state index is 0.0932. The van der Waals surface area contributed by atoms with Crippen LogP contribution in [0.3, 0.4) is 0 Å². The van der Waals surface area contributed by atoms with Crippen molar-refractivity contribution in [2.75, 3.05) is 18.1 Å². The van der Waals surface area contributed by atoms with E-state index in [0.717, 1.165) is 5.82 Å². The number of sulfone groups is 1. The van der Waals surface area contributed by atoms with Gasteiger partial charge in [-0.3, -0.25) is 9.38 Å². The van der Waals surface area contributed by atoms with Crippen LogP contribution in [-0.2, 0) is 16.3 Å². The van der Waals surface area contributed by atoms with Gasteiger partial charge in [-0.05, 0) is 0 Å². The third-order valence-electron chi connectivity index (χ3n) is 3.01. The fourth-order valence-corrected chi connectivity index (χ4v) is 3.61. The SMILES string of the molecule is O=S1(=O)CCNC(Cc2nnc3cnccn23)C1. The lowest BCUT2D eigenvalue weighted by Gasteiger charge is -2.22. The highest BCUT2D eigenvalue weighted by Gasteiger charge is 2.25. The van der Waals surface area contributed by atoms with Crippen LogP contribution in [0.5, 0.6) is 0 Å². The van der Waals surface area contributed by atoms with E-state index in [4.69, 9.17) is 0 Å². The summed E-state index contributed by atoms with van der Waals surface area (Å²) in [5.74, 6) is 1.13. The monoisotopic (exact) mass is 267 g/mol. The summed E-state index contributed by atoms with van der Waals surface area (Å²) in [6.45, 7) is 0.505. The third-order valence-corrected chi connectivity index (χ3v) is 4.75. The van der Waals surface area contributed by atoms with Gasteiger partial charge in [-0.2, -0.15) is 0 Å². The van der Waals surface area contributed by atoms with Crippen molar-refractivity contribution in [2.24, 2.45) is 0 Å². The molecule has 1 saturated heterocycles. The van der Waals surface area contributed by atoms with Gasteiger partial charge in [-0.15, -0.1) is 10.2 Å². The number of nitrogens with one attached hydrogen (secondary N) is 1. The van der Waals surface area contributed by atoms with Crippen molar-refractivity contribution < 1.29 is 8.42 Å². The average Bonchev–Trinajstić information content (AvgIpc) is 2.72. The Labute approximate surface area is 104 Å². The first kappa shape index (κ1) is 11.5. The van der Waals surface area contributed by atoms with E-state index in [1.54, 1.807) is 18.6 Å². The minimum Gasteiger partial charge on any atom is -0.312 e. The third kappa shape index (κ3) is 2.21. The van der Waals surface area contributed by atoms with Crippen LogP contribution in [0.25, 0.3) is 5.65 Å². The van der Waals surface area contributed by atoms with Crippen molar-refractivity contribution in [3.8, 4) is 0 Å². The van der Waals surface area contributed by atoms with Crippen LogP contribution in [0, 0.1) is 0 Å². The zero-order valence-corrected chi connectivity index (χ0v) is 10.5. The molecule has 0 amide bonds. The summed E-state index contributed by atoms with van der Waals surface area (Å²) in [6.07, 6.45) is 5.61. The van der Waals surface area contributed by atoms with E-state index in [0.29, 0.717) is 18.6 Å². The van der Waals surface area contributed by atoms with Crippen LogP contribution in [-0.4, -0.2) is 52.1 Å². The lowest BCUT2D eigenvalue weighted by Crippen LogP contribution is -2.46. The van der Waals surface area contributed by atoms with E-state index >= 15 is 0 Å². The Bertz CT molecular complexity index is 666. The molecular formula is C10H13N5O2S. The lowest BCUT2D eigenvalue weighted by atomic mass is 10.2. The molecule has 18 heavy (non-hydrogen) atoms. The first-order chi connectivity index (χ1) is 8.64. The zero-order chi connectivity index (χ0) is 12.6.